The molecule has 1 aliphatic carbocycles. The topological polar surface area (TPSA) is 131 Å². The summed E-state index contributed by atoms with van der Waals surface area (Å²) in [5, 5.41) is 5.49. The number of carbonyl (C=O) groups is 3. The maximum atomic E-state index is 12.3. The molecule has 3 N–H and O–H groups in total. The number of sulfonamides is 1. The van der Waals surface area contributed by atoms with Crippen LogP contribution in [0.25, 0.3) is 0 Å². The molecule has 0 radical (unpaired) electrons. The predicted molar refractivity (Wildman–Crippen MR) is 116 cm³/mol. The number of carbonyl (C=O) groups excluding carboxylic acids is 3. The van der Waals surface area contributed by atoms with E-state index < -0.39 is 22.1 Å². The van der Waals surface area contributed by atoms with Crippen LogP contribution >= 0.6 is 0 Å². The fourth-order valence-electron chi connectivity index (χ4n) is 3.43. The minimum absolute atomic E-state index is 0.00400. The van der Waals surface area contributed by atoms with Crippen molar-refractivity contribution in [2.45, 2.75) is 69.9 Å². The minimum atomic E-state index is -3.82. The van der Waals surface area contributed by atoms with Crippen LogP contribution in [0.3, 0.4) is 0 Å². The summed E-state index contributed by atoms with van der Waals surface area (Å²) in [6.07, 6.45) is 3.06. The van der Waals surface area contributed by atoms with Gasteiger partial charge in [0.1, 0.15) is 0 Å². The molecule has 31 heavy (non-hydrogen) atoms. The van der Waals surface area contributed by atoms with Gasteiger partial charge in [-0.05, 0) is 49.9 Å². The fourth-order valence-corrected chi connectivity index (χ4v) is 4.46. The number of nitrogens with one attached hydrogen (secondary N) is 3. The molecular formula is C21H31N3O6S. The molecule has 0 heterocycles. The highest BCUT2D eigenvalue weighted by molar-refractivity contribution is 7.89. The van der Waals surface area contributed by atoms with Gasteiger partial charge < -0.3 is 15.4 Å². The van der Waals surface area contributed by atoms with E-state index in [1.165, 1.54) is 38.1 Å². The van der Waals surface area contributed by atoms with Crippen molar-refractivity contribution in [3.63, 3.8) is 0 Å². The second-order valence-electron chi connectivity index (χ2n) is 7.86. The van der Waals surface area contributed by atoms with E-state index in [4.69, 9.17) is 4.74 Å². The Morgan fingerprint density at radius 1 is 1.13 bits per heavy atom. The summed E-state index contributed by atoms with van der Waals surface area (Å²) in [5.74, 6) is -0.874. The lowest BCUT2D eigenvalue weighted by molar-refractivity contribution is -0.155. The molecule has 0 spiro atoms. The second kappa shape index (κ2) is 11.2. The summed E-state index contributed by atoms with van der Waals surface area (Å²) >= 11 is 0. The Kier molecular flexibility index (Phi) is 9.00. The normalized spacial score (nSPS) is 19.8. The van der Waals surface area contributed by atoms with Gasteiger partial charge >= 0.3 is 5.97 Å². The molecule has 2 amide bonds. The van der Waals surface area contributed by atoms with E-state index in [1.54, 1.807) is 0 Å². The zero-order chi connectivity index (χ0) is 23.0. The van der Waals surface area contributed by atoms with Gasteiger partial charge in [-0.2, -0.15) is 0 Å². The molecule has 0 bridgehead atoms. The van der Waals surface area contributed by atoms with Gasteiger partial charge in [0.2, 0.25) is 15.9 Å². The molecule has 0 saturated heterocycles. The van der Waals surface area contributed by atoms with Crippen molar-refractivity contribution in [3.8, 4) is 0 Å². The van der Waals surface area contributed by atoms with Gasteiger partial charge in [0, 0.05) is 25.2 Å². The molecule has 0 aromatic heterocycles. The highest BCUT2D eigenvalue weighted by Crippen LogP contribution is 2.23. The van der Waals surface area contributed by atoms with Crippen LogP contribution in [-0.4, -0.2) is 44.9 Å². The molecule has 9 nitrogen and oxygen atoms in total. The number of hydrogen-bond acceptors (Lipinski definition) is 6. The van der Waals surface area contributed by atoms with Gasteiger partial charge in [0.25, 0.3) is 5.91 Å². The molecule has 3 atom stereocenters. The average molecular weight is 454 g/mol. The summed E-state index contributed by atoms with van der Waals surface area (Å²) in [6, 6.07) is 5.73. The average Bonchev–Trinajstić information content (AvgIpc) is 2.69. The number of esters is 1. The van der Waals surface area contributed by atoms with Crippen LogP contribution in [0.15, 0.2) is 29.2 Å². The first-order valence-corrected chi connectivity index (χ1v) is 11.9. The SMILES string of the molecule is CC(=O)Nc1ccc(S(=O)(=O)NCCC(=O)OC(C)C(=O)NC2CCCCC2C)cc1. The predicted octanol–water partition coefficient (Wildman–Crippen LogP) is 1.94. The van der Waals surface area contributed by atoms with Crippen molar-refractivity contribution in [3.05, 3.63) is 24.3 Å². The van der Waals surface area contributed by atoms with Gasteiger partial charge in [0.05, 0.1) is 11.3 Å². The third-order valence-corrected chi connectivity index (χ3v) is 6.70. The molecule has 1 saturated carbocycles. The van der Waals surface area contributed by atoms with Crippen LogP contribution in [0.4, 0.5) is 5.69 Å². The summed E-state index contributed by atoms with van der Waals surface area (Å²) in [6.45, 7) is 4.79. The maximum Gasteiger partial charge on any atom is 0.307 e. The van der Waals surface area contributed by atoms with E-state index in [-0.39, 0.29) is 35.7 Å². The highest BCUT2D eigenvalue weighted by Gasteiger charge is 2.26. The molecule has 2 rings (SSSR count). The standard InChI is InChI=1S/C21H31N3O6S/c1-14-6-4-5-7-19(14)24-21(27)15(2)30-20(26)12-13-22-31(28,29)18-10-8-17(9-11-18)23-16(3)25/h8-11,14-15,19,22H,4-7,12-13H2,1-3H3,(H,23,25)(H,24,27). The number of benzene rings is 1. The zero-order valence-corrected chi connectivity index (χ0v) is 19.0. The number of ether oxygens (including phenoxy) is 1. The Labute approximate surface area is 183 Å². The van der Waals surface area contributed by atoms with Gasteiger partial charge in [-0.1, -0.05) is 19.8 Å². The van der Waals surface area contributed by atoms with E-state index in [0.717, 1.165) is 25.7 Å². The Bertz CT molecular complexity index is 885. The number of amides is 2. The Morgan fingerprint density at radius 2 is 1.77 bits per heavy atom. The summed E-state index contributed by atoms with van der Waals surface area (Å²) in [4.78, 5) is 35.3. The third kappa shape index (κ3) is 7.95. The minimum Gasteiger partial charge on any atom is -0.453 e. The molecule has 1 aromatic rings. The lowest BCUT2D eigenvalue weighted by atomic mass is 9.86. The number of rotatable bonds is 9. The second-order valence-corrected chi connectivity index (χ2v) is 9.63. The quantitative estimate of drug-likeness (QED) is 0.490. The molecule has 1 aliphatic rings. The molecule has 1 fully saturated rings. The monoisotopic (exact) mass is 453 g/mol. The van der Waals surface area contributed by atoms with Crippen LogP contribution in [0.2, 0.25) is 0 Å². The lowest BCUT2D eigenvalue weighted by Gasteiger charge is -2.30. The number of hydrogen-bond donors (Lipinski definition) is 3. The summed E-state index contributed by atoms with van der Waals surface area (Å²) < 4.78 is 32.1. The fraction of sp³-hybridized carbons (Fsp3) is 0.571. The Hall–Kier alpha value is -2.46. The summed E-state index contributed by atoms with van der Waals surface area (Å²) in [5.41, 5.74) is 0.477. The van der Waals surface area contributed by atoms with Crippen LogP contribution in [0, 0.1) is 5.92 Å². The van der Waals surface area contributed by atoms with Crippen molar-refractivity contribution in [2.24, 2.45) is 5.92 Å². The van der Waals surface area contributed by atoms with E-state index in [9.17, 15) is 22.8 Å². The van der Waals surface area contributed by atoms with E-state index in [0.29, 0.717) is 11.6 Å². The van der Waals surface area contributed by atoms with Crippen molar-refractivity contribution in [1.29, 1.82) is 0 Å². The number of anilines is 1. The van der Waals surface area contributed by atoms with Crippen molar-refractivity contribution < 1.29 is 27.5 Å². The van der Waals surface area contributed by atoms with Crippen LogP contribution in [0.5, 0.6) is 0 Å². The smallest absolute Gasteiger partial charge is 0.307 e. The lowest BCUT2D eigenvalue weighted by Crippen LogP contribution is -2.46. The molecule has 3 unspecified atom stereocenters. The molecule has 172 valence electrons. The van der Waals surface area contributed by atoms with E-state index in [1.807, 2.05) is 0 Å². The van der Waals surface area contributed by atoms with Crippen molar-refractivity contribution in [2.75, 3.05) is 11.9 Å². The van der Waals surface area contributed by atoms with Gasteiger partial charge in [0.15, 0.2) is 6.10 Å². The van der Waals surface area contributed by atoms with E-state index in [2.05, 4.69) is 22.3 Å². The van der Waals surface area contributed by atoms with Crippen LogP contribution < -0.4 is 15.4 Å². The van der Waals surface area contributed by atoms with Gasteiger partial charge in [-0.3, -0.25) is 14.4 Å². The first-order chi connectivity index (χ1) is 14.6. The zero-order valence-electron chi connectivity index (χ0n) is 18.1. The molecule has 10 heteroatoms. The summed E-state index contributed by atoms with van der Waals surface area (Å²) in [7, 11) is -3.82. The third-order valence-electron chi connectivity index (χ3n) is 5.22. The maximum absolute atomic E-state index is 12.3. The molecule has 1 aromatic carbocycles. The molecular weight excluding hydrogens is 422 g/mol. The van der Waals surface area contributed by atoms with E-state index >= 15 is 0 Å². The van der Waals surface area contributed by atoms with Crippen molar-refractivity contribution >= 4 is 33.5 Å². The molecule has 0 aliphatic heterocycles. The van der Waals surface area contributed by atoms with Crippen LogP contribution in [-0.2, 0) is 29.1 Å². The Morgan fingerprint density at radius 3 is 2.39 bits per heavy atom. The van der Waals surface area contributed by atoms with Crippen LogP contribution in [0.1, 0.15) is 52.9 Å². The Balaban J connectivity index is 1.77. The van der Waals surface area contributed by atoms with Gasteiger partial charge in [-0.25, -0.2) is 13.1 Å². The first-order valence-electron chi connectivity index (χ1n) is 10.5. The highest BCUT2D eigenvalue weighted by atomic mass is 32.2. The largest absolute Gasteiger partial charge is 0.453 e. The first kappa shape index (κ1) is 24.8. The van der Waals surface area contributed by atoms with Crippen molar-refractivity contribution in [1.82, 2.24) is 10.0 Å². The van der Waals surface area contributed by atoms with Gasteiger partial charge in [-0.15, -0.1) is 0 Å².